The van der Waals surface area contributed by atoms with Crippen molar-refractivity contribution in [3.63, 3.8) is 0 Å². The van der Waals surface area contributed by atoms with E-state index >= 15 is 0 Å². The van der Waals surface area contributed by atoms with Crippen LogP contribution < -0.4 is 9.88 Å². The minimum absolute atomic E-state index is 0.152. The van der Waals surface area contributed by atoms with Crippen LogP contribution in [0.5, 0.6) is 5.75 Å². The van der Waals surface area contributed by atoms with Crippen LogP contribution in [0.4, 0.5) is 0 Å². The van der Waals surface area contributed by atoms with Gasteiger partial charge >= 0.3 is 0 Å². The van der Waals surface area contributed by atoms with Crippen LogP contribution in [-0.2, 0) is 10.0 Å². The van der Waals surface area contributed by atoms with Crippen molar-refractivity contribution >= 4 is 21.6 Å². The third-order valence-corrected chi connectivity index (χ3v) is 3.96. The number of ether oxygens (including phenoxy) is 1. The molecular weight excluding hydrogens is 274 g/mol. The van der Waals surface area contributed by atoms with E-state index in [1.807, 2.05) is 6.92 Å². The fourth-order valence-electron chi connectivity index (χ4n) is 1.67. The summed E-state index contributed by atoms with van der Waals surface area (Å²) in [7, 11) is -3.70. The number of nitrogens with two attached hydrogens (primary N) is 1. The summed E-state index contributed by atoms with van der Waals surface area (Å²) in [5.41, 5.74) is 3.46. The van der Waals surface area contributed by atoms with E-state index in [1.165, 1.54) is 5.54 Å². The van der Waals surface area contributed by atoms with E-state index in [0.717, 1.165) is 5.57 Å². The fourth-order valence-corrected chi connectivity index (χ4v) is 2.75. The van der Waals surface area contributed by atoms with Gasteiger partial charge in [-0.15, -0.1) is 0 Å². The van der Waals surface area contributed by atoms with Gasteiger partial charge in [0.15, 0.2) is 0 Å². The maximum atomic E-state index is 11.4. The molecule has 0 bridgehead atoms. The van der Waals surface area contributed by atoms with Gasteiger partial charge in [-0.2, -0.15) is 0 Å². The van der Waals surface area contributed by atoms with Gasteiger partial charge in [0.2, 0.25) is 10.0 Å². The normalized spacial score (nSPS) is 12.6. The molecule has 0 heterocycles. The summed E-state index contributed by atoms with van der Waals surface area (Å²) >= 11 is 5.53. The van der Waals surface area contributed by atoms with E-state index in [9.17, 15) is 8.42 Å². The summed E-state index contributed by atoms with van der Waals surface area (Å²) in [4.78, 5) is 0.152. The van der Waals surface area contributed by atoms with Crippen molar-refractivity contribution in [2.45, 2.75) is 25.7 Å². The number of benzene rings is 1. The first-order chi connectivity index (χ1) is 8.25. The molecule has 0 unspecified atom stereocenters. The molecule has 1 aromatic carbocycles. The molecule has 4 nitrogen and oxygen atoms in total. The summed E-state index contributed by atoms with van der Waals surface area (Å²) in [6, 6.07) is 3.29. The van der Waals surface area contributed by atoms with Crippen LogP contribution in [0, 0.1) is 13.8 Å². The van der Waals surface area contributed by atoms with Crippen molar-refractivity contribution in [1.82, 2.24) is 0 Å². The lowest BCUT2D eigenvalue weighted by Crippen LogP contribution is -2.15. The van der Waals surface area contributed by atoms with Gasteiger partial charge < -0.3 is 4.74 Å². The number of halogens is 1. The standard InChI is InChI=1S/C12H16ClNO3S/c1-8(6-13)7-17-11-4-9(2)12(10(3)5-11)18(14,15)16/h4-6H,7H2,1-3H3,(H2,14,15,16)/b8-6-. The number of primary sulfonamides is 1. The Bertz CT molecular complexity index is 556. The molecule has 0 aliphatic carbocycles. The molecular formula is C12H16ClNO3S. The zero-order valence-electron chi connectivity index (χ0n) is 10.5. The molecule has 100 valence electrons. The van der Waals surface area contributed by atoms with Gasteiger partial charge in [-0.1, -0.05) is 11.6 Å². The average molecular weight is 290 g/mol. The maximum Gasteiger partial charge on any atom is 0.238 e. The lowest BCUT2D eigenvalue weighted by Gasteiger charge is -2.12. The van der Waals surface area contributed by atoms with Crippen LogP contribution >= 0.6 is 11.6 Å². The Kier molecular flexibility index (Phi) is 4.78. The lowest BCUT2D eigenvalue weighted by molar-refractivity contribution is 0.351. The van der Waals surface area contributed by atoms with E-state index in [1.54, 1.807) is 26.0 Å². The molecule has 18 heavy (non-hydrogen) atoms. The Balaban J connectivity index is 3.08. The molecule has 0 aliphatic rings. The highest BCUT2D eigenvalue weighted by Gasteiger charge is 2.16. The second-order valence-corrected chi connectivity index (χ2v) is 5.89. The van der Waals surface area contributed by atoms with Crippen LogP contribution in [-0.4, -0.2) is 15.0 Å². The first-order valence-corrected chi connectivity index (χ1v) is 7.26. The van der Waals surface area contributed by atoms with Gasteiger partial charge in [0.1, 0.15) is 12.4 Å². The minimum atomic E-state index is -3.70. The highest BCUT2D eigenvalue weighted by Crippen LogP contribution is 2.25. The third-order valence-electron chi connectivity index (χ3n) is 2.37. The van der Waals surface area contributed by atoms with Crippen molar-refractivity contribution in [3.8, 4) is 5.75 Å². The van der Waals surface area contributed by atoms with Crippen LogP contribution in [0.1, 0.15) is 18.1 Å². The Morgan fingerprint density at radius 1 is 1.39 bits per heavy atom. The number of hydrogen-bond donors (Lipinski definition) is 1. The smallest absolute Gasteiger partial charge is 0.238 e. The Hall–Kier alpha value is -1.04. The van der Waals surface area contributed by atoms with Crippen LogP contribution in [0.15, 0.2) is 28.1 Å². The van der Waals surface area contributed by atoms with Crippen LogP contribution in [0.2, 0.25) is 0 Å². The topological polar surface area (TPSA) is 69.4 Å². The molecule has 6 heteroatoms. The van der Waals surface area contributed by atoms with Crippen molar-refractivity contribution < 1.29 is 13.2 Å². The summed E-state index contributed by atoms with van der Waals surface area (Å²) in [5.74, 6) is 0.593. The molecule has 0 fully saturated rings. The van der Waals surface area contributed by atoms with E-state index in [4.69, 9.17) is 21.5 Å². The quantitative estimate of drug-likeness (QED) is 0.926. The van der Waals surface area contributed by atoms with Gasteiger partial charge in [0.05, 0.1) is 4.90 Å². The second-order valence-electron chi connectivity index (χ2n) is 4.18. The second kappa shape index (κ2) is 5.73. The van der Waals surface area contributed by atoms with Gasteiger partial charge in [0, 0.05) is 5.54 Å². The summed E-state index contributed by atoms with van der Waals surface area (Å²) in [5, 5.41) is 5.16. The molecule has 0 atom stereocenters. The van der Waals surface area contributed by atoms with E-state index in [2.05, 4.69) is 0 Å². The summed E-state index contributed by atoms with van der Waals surface area (Å²) in [6.45, 7) is 5.57. The summed E-state index contributed by atoms with van der Waals surface area (Å²) in [6.07, 6.45) is 0. The predicted molar refractivity (Wildman–Crippen MR) is 72.4 cm³/mol. The van der Waals surface area contributed by atoms with E-state index < -0.39 is 10.0 Å². The number of hydrogen-bond acceptors (Lipinski definition) is 3. The van der Waals surface area contributed by atoms with Crippen molar-refractivity contribution in [2.75, 3.05) is 6.61 Å². The molecule has 0 amide bonds. The highest BCUT2D eigenvalue weighted by atomic mass is 35.5. The molecule has 1 rings (SSSR count). The van der Waals surface area contributed by atoms with Gasteiger partial charge in [-0.05, 0) is 49.6 Å². The minimum Gasteiger partial charge on any atom is -0.489 e. The fraction of sp³-hybridized carbons (Fsp3) is 0.333. The molecule has 0 saturated heterocycles. The number of aryl methyl sites for hydroxylation is 2. The average Bonchev–Trinajstić information content (AvgIpc) is 2.22. The molecule has 0 saturated carbocycles. The first kappa shape index (κ1) is 15.0. The number of sulfonamides is 1. The van der Waals surface area contributed by atoms with E-state index in [0.29, 0.717) is 23.5 Å². The molecule has 0 radical (unpaired) electrons. The predicted octanol–water partition coefficient (Wildman–Crippen LogP) is 2.47. The molecule has 2 N–H and O–H groups in total. The number of rotatable bonds is 4. The molecule has 0 spiro atoms. The van der Waals surface area contributed by atoms with Gasteiger partial charge in [-0.25, -0.2) is 13.6 Å². The van der Waals surface area contributed by atoms with Crippen molar-refractivity contribution in [3.05, 3.63) is 34.4 Å². The first-order valence-electron chi connectivity index (χ1n) is 5.28. The van der Waals surface area contributed by atoms with Crippen LogP contribution in [0.3, 0.4) is 0 Å². The zero-order valence-corrected chi connectivity index (χ0v) is 12.1. The van der Waals surface area contributed by atoms with Crippen LogP contribution in [0.25, 0.3) is 0 Å². The van der Waals surface area contributed by atoms with E-state index in [-0.39, 0.29) is 4.90 Å². The zero-order chi connectivity index (χ0) is 13.9. The highest BCUT2D eigenvalue weighted by molar-refractivity contribution is 7.89. The molecule has 0 aliphatic heterocycles. The van der Waals surface area contributed by atoms with Gasteiger partial charge in [0.25, 0.3) is 0 Å². The molecule has 1 aromatic rings. The van der Waals surface area contributed by atoms with Gasteiger partial charge in [-0.3, -0.25) is 0 Å². The largest absolute Gasteiger partial charge is 0.489 e. The van der Waals surface area contributed by atoms with Crippen molar-refractivity contribution in [1.29, 1.82) is 0 Å². The maximum absolute atomic E-state index is 11.4. The lowest BCUT2D eigenvalue weighted by atomic mass is 10.1. The molecule has 0 aromatic heterocycles. The Morgan fingerprint density at radius 3 is 2.28 bits per heavy atom. The third kappa shape index (κ3) is 3.73. The summed E-state index contributed by atoms with van der Waals surface area (Å²) < 4.78 is 28.3. The monoisotopic (exact) mass is 289 g/mol. The Labute approximate surface area is 112 Å². The SMILES string of the molecule is C/C(=C/Cl)COc1cc(C)c(S(N)(=O)=O)c(C)c1. The Morgan fingerprint density at radius 2 is 1.89 bits per heavy atom. The van der Waals surface area contributed by atoms with Crippen molar-refractivity contribution in [2.24, 2.45) is 5.14 Å².